The maximum atomic E-state index is 12.5. The molecule has 3 rings (SSSR count). The first kappa shape index (κ1) is 18.7. The Labute approximate surface area is 164 Å². The lowest BCUT2D eigenvalue weighted by molar-refractivity contribution is -0.122. The van der Waals surface area contributed by atoms with E-state index in [1.54, 1.807) is 4.90 Å². The van der Waals surface area contributed by atoms with Gasteiger partial charge < -0.3 is 4.74 Å². The molecule has 26 heavy (non-hydrogen) atoms. The summed E-state index contributed by atoms with van der Waals surface area (Å²) in [7, 11) is 0. The number of thiocarbonyl (C=S) groups is 1. The Balaban J connectivity index is 1.62. The average Bonchev–Trinajstić information content (AvgIpc) is 2.93. The van der Waals surface area contributed by atoms with Crippen molar-refractivity contribution >= 4 is 40.3 Å². The van der Waals surface area contributed by atoms with Gasteiger partial charge in [0.2, 0.25) is 0 Å². The number of carbonyl (C=O) groups excluding carboxylic acids is 1. The number of unbranched alkanes of at least 4 members (excludes halogenated alkanes) is 1. The summed E-state index contributed by atoms with van der Waals surface area (Å²) in [4.78, 5) is 14.9. The van der Waals surface area contributed by atoms with Gasteiger partial charge in [-0.2, -0.15) is 0 Å². The van der Waals surface area contributed by atoms with Crippen LogP contribution in [-0.4, -0.2) is 21.7 Å². The largest absolute Gasteiger partial charge is 0.489 e. The third-order valence-electron chi connectivity index (χ3n) is 4.04. The van der Waals surface area contributed by atoms with Gasteiger partial charge in [-0.3, -0.25) is 9.69 Å². The van der Waals surface area contributed by atoms with Crippen LogP contribution < -0.4 is 4.74 Å². The molecular formula is C21H21NO2S2. The van der Waals surface area contributed by atoms with E-state index < -0.39 is 0 Å². The van der Waals surface area contributed by atoms with Crippen molar-refractivity contribution in [3.63, 3.8) is 0 Å². The number of hydrogen-bond acceptors (Lipinski definition) is 4. The highest BCUT2D eigenvalue weighted by Gasteiger charge is 2.31. The van der Waals surface area contributed by atoms with Crippen LogP contribution >= 0.6 is 24.0 Å². The molecule has 1 aliphatic heterocycles. The van der Waals surface area contributed by atoms with E-state index in [2.05, 4.69) is 6.92 Å². The maximum Gasteiger partial charge on any atom is 0.266 e. The lowest BCUT2D eigenvalue weighted by atomic mass is 10.2. The summed E-state index contributed by atoms with van der Waals surface area (Å²) in [5, 5.41) is 0. The van der Waals surface area contributed by atoms with Gasteiger partial charge in [0.25, 0.3) is 5.91 Å². The standard InChI is InChI=1S/C21H21NO2S2/c1-2-3-13-22-20(23)19(26-21(22)25)14-16-9-11-18(12-10-16)24-15-17-7-5-4-6-8-17/h4-12,14H,2-3,13,15H2,1H3/b19-14-. The molecular weight excluding hydrogens is 362 g/mol. The Morgan fingerprint density at radius 2 is 1.85 bits per heavy atom. The van der Waals surface area contributed by atoms with E-state index in [-0.39, 0.29) is 5.91 Å². The highest BCUT2D eigenvalue weighted by atomic mass is 32.2. The first-order valence-electron chi connectivity index (χ1n) is 8.69. The summed E-state index contributed by atoms with van der Waals surface area (Å²) < 4.78 is 6.45. The summed E-state index contributed by atoms with van der Waals surface area (Å²) in [6, 6.07) is 17.8. The summed E-state index contributed by atoms with van der Waals surface area (Å²) in [6.45, 7) is 3.34. The van der Waals surface area contributed by atoms with Crippen molar-refractivity contribution in [3.8, 4) is 5.75 Å². The quantitative estimate of drug-likeness (QED) is 0.481. The zero-order chi connectivity index (χ0) is 18.4. The van der Waals surface area contributed by atoms with Crippen molar-refractivity contribution in [1.29, 1.82) is 0 Å². The lowest BCUT2D eigenvalue weighted by Crippen LogP contribution is -2.28. The van der Waals surface area contributed by atoms with Gasteiger partial charge in [-0.1, -0.05) is 79.8 Å². The fraction of sp³-hybridized carbons (Fsp3) is 0.238. The third-order valence-corrected chi connectivity index (χ3v) is 5.41. The van der Waals surface area contributed by atoms with Crippen molar-refractivity contribution in [3.05, 3.63) is 70.6 Å². The number of nitrogens with zero attached hydrogens (tertiary/aromatic N) is 1. The number of rotatable bonds is 7. The van der Waals surface area contributed by atoms with Gasteiger partial charge in [0.05, 0.1) is 4.91 Å². The van der Waals surface area contributed by atoms with Crippen LogP contribution in [0.3, 0.4) is 0 Å². The molecule has 1 fully saturated rings. The summed E-state index contributed by atoms with van der Waals surface area (Å²) in [5.41, 5.74) is 2.10. The molecule has 1 saturated heterocycles. The van der Waals surface area contributed by atoms with E-state index in [9.17, 15) is 4.79 Å². The fourth-order valence-corrected chi connectivity index (χ4v) is 3.87. The molecule has 2 aromatic carbocycles. The van der Waals surface area contributed by atoms with Crippen LogP contribution in [0.2, 0.25) is 0 Å². The monoisotopic (exact) mass is 383 g/mol. The highest BCUT2D eigenvalue weighted by molar-refractivity contribution is 8.26. The van der Waals surface area contributed by atoms with Crippen molar-refractivity contribution in [2.45, 2.75) is 26.4 Å². The molecule has 1 aliphatic rings. The van der Waals surface area contributed by atoms with Gasteiger partial charge in [-0.25, -0.2) is 0 Å². The minimum Gasteiger partial charge on any atom is -0.489 e. The van der Waals surface area contributed by atoms with E-state index in [0.717, 1.165) is 29.7 Å². The minimum absolute atomic E-state index is 0.0119. The predicted molar refractivity (Wildman–Crippen MR) is 112 cm³/mol. The molecule has 0 N–H and O–H groups in total. The van der Waals surface area contributed by atoms with Crippen LogP contribution in [0.4, 0.5) is 0 Å². The van der Waals surface area contributed by atoms with Crippen LogP contribution in [0.1, 0.15) is 30.9 Å². The first-order valence-corrected chi connectivity index (χ1v) is 9.92. The van der Waals surface area contributed by atoms with E-state index in [1.807, 2.05) is 60.7 Å². The molecule has 0 atom stereocenters. The molecule has 0 aromatic heterocycles. The van der Waals surface area contributed by atoms with Crippen LogP contribution in [0.25, 0.3) is 6.08 Å². The third kappa shape index (κ3) is 4.74. The molecule has 5 heteroatoms. The second kappa shape index (κ2) is 9.01. The number of benzene rings is 2. The van der Waals surface area contributed by atoms with Gasteiger partial charge in [0.1, 0.15) is 16.7 Å². The highest BCUT2D eigenvalue weighted by Crippen LogP contribution is 2.32. The molecule has 0 radical (unpaired) electrons. The fourth-order valence-electron chi connectivity index (χ4n) is 2.56. The summed E-state index contributed by atoms with van der Waals surface area (Å²) in [6.07, 6.45) is 3.90. The van der Waals surface area contributed by atoms with Gasteiger partial charge >= 0.3 is 0 Å². The van der Waals surface area contributed by atoms with Crippen LogP contribution in [0, 0.1) is 0 Å². The molecule has 0 spiro atoms. The molecule has 0 aliphatic carbocycles. The van der Waals surface area contributed by atoms with Crippen molar-refractivity contribution in [2.24, 2.45) is 0 Å². The lowest BCUT2D eigenvalue weighted by Gasteiger charge is -2.13. The minimum atomic E-state index is 0.0119. The van der Waals surface area contributed by atoms with Crippen LogP contribution in [0.5, 0.6) is 5.75 Å². The van der Waals surface area contributed by atoms with Gasteiger partial charge in [0.15, 0.2) is 0 Å². The molecule has 3 nitrogen and oxygen atoms in total. The predicted octanol–water partition coefficient (Wildman–Crippen LogP) is 5.27. The average molecular weight is 384 g/mol. The van der Waals surface area contributed by atoms with E-state index in [1.165, 1.54) is 11.8 Å². The number of carbonyl (C=O) groups is 1. The molecule has 1 amide bonds. The van der Waals surface area contributed by atoms with Crippen molar-refractivity contribution < 1.29 is 9.53 Å². The zero-order valence-electron chi connectivity index (χ0n) is 14.7. The Morgan fingerprint density at radius 3 is 2.54 bits per heavy atom. The molecule has 134 valence electrons. The normalized spacial score (nSPS) is 15.7. The van der Waals surface area contributed by atoms with Gasteiger partial charge in [-0.05, 0) is 35.8 Å². The van der Waals surface area contributed by atoms with E-state index in [0.29, 0.717) is 22.4 Å². The first-order chi connectivity index (χ1) is 12.7. The van der Waals surface area contributed by atoms with Crippen molar-refractivity contribution in [2.75, 3.05) is 6.54 Å². The Bertz CT molecular complexity index is 801. The summed E-state index contributed by atoms with van der Waals surface area (Å²) >= 11 is 6.71. The van der Waals surface area contributed by atoms with Gasteiger partial charge in [0, 0.05) is 6.54 Å². The number of hydrogen-bond donors (Lipinski definition) is 0. The topological polar surface area (TPSA) is 29.5 Å². The number of ether oxygens (including phenoxy) is 1. The maximum absolute atomic E-state index is 12.5. The van der Waals surface area contributed by atoms with E-state index in [4.69, 9.17) is 17.0 Å². The molecule has 1 heterocycles. The van der Waals surface area contributed by atoms with Crippen LogP contribution in [-0.2, 0) is 11.4 Å². The summed E-state index contributed by atoms with van der Waals surface area (Å²) in [5.74, 6) is 0.819. The molecule has 0 bridgehead atoms. The second-order valence-corrected chi connectivity index (χ2v) is 7.71. The van der Waals surface area contributed by atoms with Crippen molar-refractivity contribution in [1.82, 2.24) is 4.90 Å². The van der Waals surface area contributed by atoms with Gasteiger partial charge in [-0.15, -0.1) is 0 Å². The Hall–Kier alpha value is -2.11. The second-order valence-electron chi connectivity index (χ2n) is 6.03. The number of thioether (sulfide) groups is 1. The Morgan fingerprint density at radius 1 is 1.12 bits per heavy atom. The zero-order valence-corrected chi connectivity index (χ0v) is 16.3. The molecule has 2 aromatic rings. The smallest absolute Gasteiger partial charge is 0.266 e. The molecule has 0 saturated carbocycles. The van der Waals surface area contributed by atoms with E-state index >= 15 is 0 Å². The SMILES string of the molecule is CCCCN1C(=O)/C(=C/c2ccc(OCc3ccccc3)cc2)SC1=S. The van der Waals surface area contributed by atoms with Crippen LogP contribution in [0.15, 0.2) is 59.5 Å². The Kier molecular flexibility index (Phi) is 6.47. The number of amides is 1. The molecule has 0 unspecified atom stereocenters.